The number of halogens is 6. The molecule has 36 heavy (non-hydrogen) atoms. The van der Waals surface area contributed by atoms with Crippen LogP contribution in [0.1, 0.15) is 15.9 Å². The highest BCUT2D eigenvalue weighted by atomic mass is 79.9. The number of rotatable bonds is 4. The molecule has 0 radical (unpaired) electrons. The molecule has 0 bridgehead atoms. The summed E-state index contributed by atoms with van der Waals surface area (Å²) in [5, 5.41) is 4.73. The van der Waals surface area contributed by atoms with Gasteiger partial charge in [0.2, 0.25) is 0 Å². The van der Waals surface area contributed by atoms with Crippen LogP contribution in [0.15, 0.2) is 82.3 Å². The Labute approximate surface area is 225 Å². The van der Waals surface area contributed by atoms with E-state index in [-0.39, 0.29) is 16.2 Å². The van der Waals surface area contributed by atoms with E-state index in [9.17, 15) is 22.4 Å². The Kier molecular flexibility index (Phi) is 9.62. The number of thiocarbonyl (C=S) groups is 1. The number of carbonyl (C=O) groups is 1. The predicted octanol–water partition coefficient (Wildman–Crippen LogP) is 7.28. The van der Waals surface area contributed by atoms with Gasteiger partial charge in [0.1, 0.15) is 44.2 Å². The van der Waals surface area contributed by atoms with Crippen molar-refractivity contribution in [1.29, 1.82) is 0 Å². The molecule has 12 heteroatoms. The Hall–Kier alpha value is -3.22. The molecule has 0 unspecified atom stereocenters. The molecular formula is C24H14Br2F4N4OS. The fraction of sp³-hybridized carbons (Fsp3) is 0. The van der Waals surface area contributed by atoms with E-state index >= 15 is 0 Å². The molecule has 5 nitrogen and oxygen atoms in total. The Balaban J connectivity index is 0.000000201. The van der Waals surface area contributed by atoms with E-state index in [0.717, 1.165) is 28.7 Å². The van der Waals surface area contributed by atoms with Crippen molar-refractivity contribution in [2.45, 2.75) is 0 Å². The van der Waals surface area contributed by atoms with E-state index in [4.69, 9.17) is 12.2 Å². The third-order valence-corrected chi connectivity index (χ3v) is 5.56. The topological polar surface area (TPSA) is 66.9 Å². The summed E-state index contributed by atoms with van der Waals surface area (Å²) in [4.78, 5) is 19.8. The van der Waals surface area contributed by atoms with Crippen LogP contribution >= 0.6 is 44.1 Å². The minimum atomic E-state index is -0.823. The van der Waals surface area contributed by atoms with Crippen molar-refractivity contribution in [3.05, 3.63) is 117 Å². The van der Waals surface area contributed by atoms with Crippen molar-refractivity contribution >= 4 is 66.3 Å². The first-order valence-corrected chi connectivity index (χ1v) is 11.9. The molecule has 2 N–H and O–H groups in total. The van der Waals surface area contributed by atoms with Gasteiger partial charge in [0.25, 0.3) is 5.91 Å². The van der Waals surface area contributed by atoms with Crippen molar-refractivity contribution < 1.29 is 22.4 Å². The maximum absolute atomic E-state index is 13.4. The van der Waals surface area contributed by atoms with Gasteiger partial charge < -0.3 is 10.6 Å². The lowest BCUT2D eigenvalue weighted by Gasteiger charge is -2.09. The van der Waals surface area contributed by atoms with Crippen LogP contribution in [0.4, 0.5) is 28.9 Å². The van der Waals surface area contributed by atoms with Crippen LogP contribution in [0.25, 0.3) is 0 Å². The zero-order valence-corrected chi connectivity index (χ0v) is 21.9. The quantitative estimate of drug-likeness (QED) is 0.139. The monoisotopic (exact) mass is 640 g/mol. The molecule has 0 aliphatic heterocycles. The van der Waals surface area contributed by atoms with Crippen LogP contribution < -0.4 is 10.6 Å². The predicted molar refractivity (Wildman–Crippen MR) is 140 cm³/mol. The fourth-order valence-corrected chi connectivity index (χ4v) is 3.63. The number of anilines is 2. The maximum atomic E-state index is 13.4. The highest BCUT2D eigenvalue weighted by Gasteiger charge is 2.14. The van der Waals surface area contributed by atoms with Gasteiger partial charge in [-0.05, 0) is 74.3 Å². The van der Waals surface area contributed by atoms with Gasteiger partial charge in [0.15, 0.2) is 0 Å². The van der Waals surface area contributed by atoms with Crippen LogP contribution in [0.5, 0.6) is 0 Å². The zero-order chi connectivity index (χ0) is 26.2. The number of para-hydroxylation sites is 2. The number of hydrogen-bond acceptors (Lipinski definition) is 4. The summed E-state index contributed by atoms with van der Waals surface area (Å²) in [5.74, 6) is -3.64. The molecular weight excluding hydrogens is 628 g/mol. The number of pyridine rings is 2. The SMILES string of the molecule is Fc1cccc(F)c1NC(=S)c1cncc(Br)c1.O=C(Nc1c(F)cccc1F)c1ccnc(Br)c1. The lowest BCUT2D eigenvalue weighted by molar-refractivity contribution is 0.102. The highest BCUT2D eigenvalue weighted by molar-refractivity contribution is 9.10. The lowest BCUT2D eigenvalue weighted by Crippen LogP contribution is -2.14. The van der Waals surface area contributed by atoms with Gasteiger partial charge in [-0.3, -0.25) is 9.78 Å². The summed E-state index contributed by atoms with van der Waals surface area (Å²) in [6.45, 7) is 0. The number of hydrogen-bond donors (Lipinski definition) is 2. The molecule has 1 amide bonds. The number of benzene rings is 2. The Bertz CT molecular complexity index is 1280. The number of nitrogens with zero attached hydrogens (tertiary/aromatic N) is 2. The van der Waals surface area contributed by atoms with Crippen LogP contribution in [-0.4, -0.2) is 20.9 Å². The van der Waals surface area contributed by atoms with E-state index in [1.54, 1.807) is 12.3 Å². The molecule has 184 valence electrons. The summed E-state index contributed by atoms with van der Waals surface area (Å²) in [7, 11) is 0. The molecule has 0 saturated carbocycles. The number of nitrogens with one attached hydrogen (secondary N) is 2. The van der Waals surface area contributed by atoms with Crippen LogP contribution in [0.2, 0.25) is 0 Å². The van der Waals surface area contributed by atoms with Gasteiger partial charge >= 0.3 is 0 Å². The Morgan fingerprint density at radius 3 is 1.86 bits per heavy atom. The first kappa shape index (κ1) is 27.4. The van der Waals surface area contributed by atoms with Gasteiger partial charge in [0.05, 0.1) is 0 Å². The first-order valence-electron chi connectivity index (χ1n) is 9.88. The maximum Gasteiger partial charge on any atom is 0.255 e. The van der Waals surface area contributed by atoms with Crippen molar-refractivity contribution in [1.82, 2.24) is 9.97 Å². The molecule has 0 aliphatic carbocycles. The molecule has 0 spiro atoms. The molecule has 0 aliphatic rings. The first-order chi connectivity index (χ1) is 17.2. The van der Waals surface area contributed by atoms with Gasteiger partial charge in [-0.25, -0.2) is 22.5 Å². The van der Waals surface area contributed by atoms with Crippen LogP contribution in [0, 0.1) is 23.3 Å². The lowest BCUT2D eigenvalue weighted by atomic mass is 10.2. The standard InChI is InChI=1S/C12H7BrF2N2O.C12H7BrF2N2S/c13-10-6-7(4-5-16-10)12(18)17-11-8(14)2-1-3-9(11)15;13-8-4-7(5-16-6-8)12(18)17-11-9(14)2-1-3-10(11)15/h2*1-6H,(H,17,18). The molecule has 0 atom stereocenters. The number of carbonyl (C=O) groups excluding carboxylic acids is 1. The summed E-state index contributed by atoms with van der Waals surface area (Å²) in [6.07, 6.45) is 4.52. The minimum absolute atomic E-state index is 0.202. The third-order valence-electron chi connectivity index (χ3n) is 4.36. The zero-order valence-electron chi connectivity index (χ0n) is 17.9. The summed E-state index contributed by atoms with van der Waals surface area (Å²) < 4.78 is 54.7. The average molecular weight is 642 g/mol. The van der Waals surface area contributed by atoms with Crippen molar-refractivity contribution in [2.24, 2.45) is 0 Å². The smallest absolute Gasteiger partial charge is 0.255 e. The second kappa shape index (κ2) is 12.7. The molecule has 2 heterocycles. The van der Waals surface area contributed by atoms with Gasteiger partial charge in [-0.2, -0.15) is 0 Å². The number of aromatic nitrogens is 2. The third kappa shape index (κ3) is 7.39. The van der Waals surface area contributed by atoms with E-state index in [2.05, 4.69) is 52.5 Å². The Morgan fingerprint density at radius 2 is 1.33 bits per heavy atom. The summed E-state index contributed by atoms with van der Waals surface area (Å²) in [5.41, 5.74) is 0.0967. The second-order valence-corrected chi connectivity index (χ2v) is 9.00. The molecule has 2 aromatic heterocycles. The highest BCUT2D eigenvalue weighted by Crippen LogP contribution is 2.21. The van der Waals surface area contributed by atoms with Crippen LogP contribution in [0.3, 0.4) is 0 Å². The molecule has 2 aromatic carbocycles. The fourth-order valence-electron chi connectivity index (χ4n) is 2.69. The van der Waals surface area contributed by atoms with Crippen LogP contribution in [-0.2, 0) is 0 Å². The van der Waals surface area contributed by atoms with E-state index < -0.39 is 34.9 Å². The van der Waals surface area contributed by atoms with E-state index in [0.29, 0.717) is 10.2 Å². The van der Waals surface area contributed by atoms with Crippen molar-refractivity contribution in [3.63, 3.8) is 0 Å². The molecule has 0 fully saturated rings. The Morgan fingerprint density at radius 1 is 0.778 bits per heavy atom. The van der Waals surface area contributed by atoms with E-state index in [1.807, 2.05) is 0 Å². The largest absolute Gasteiger partial charge is 0.341 e. The normalized spacial score (nSPS) is 10.2. The van der Waals surface area contributed by atoms with Gasteiger partial charge in [0, 0.05) is 34.2 Å². The molecule has 4 rings (SSSR count). The summed E-state index contributed by atoms with van der Waals surface area (Å²) >= 11 is 11.4. The van der Waals surface area contributed by atoms with Crippen molar-refractivity contribution in [3.8, 4) is 0 Å². The average Bonchev–Trinajstić information content (AvgIpc) is 2.84. The van der Waals surface area contributed by atoms with Gasteiger partial charge in [-0.1, -0.05) is 24.4 Å². The second-order valence-electron chi connectivity index (χ2n) is 6.86. The molecule has 0 saturated heterocycles. The van der Waals surface area contributed by atoms with E-state index in [1.165, 1.54) is 36.7 Å². The minimum Gasteiger partial charge on any atom is -0.341 e. The number of amides is 1. The van der Waals surface area contributed by atoms with Gasteiger partial charge in [-0.15, -0.1) is 0 Å². The molecule has 4 aromatic rings. The van der Waals surface area contributed by atoms with Crippen molar-refractivity contribution in [2.75, 3.05) is 10.6 Å². The summed E-state index contributed by atoms with van der Waals surface area (Å²) in [6, 6.07) is 11.6.